The Morgan fingerprint density at radius 3 is 2.77 bits per heavy atom. The van der Waals surface area contributed by atoms with E-state index in [4.69, 9.17) is 4.74 Å². The lowest BCUT2D eigenvalue weighted by atomic mass is 10.0. The maximum absolute atomic E-state index is 12.9. The molecule has 3 rings (SSSR count). The largest absolute Gasteiger partial charge is 0.378 e. The van der Waals surface area contributed by atoms with Crippen LogP contribution in [0.5, 0.6) is 0 Å². The molecule has 1 fully saturated rings. The summed E-state index contributed by atoms with van der Waals surface area (Å²) in [4.78, 5) is 17.8. The highest BCUT2D eigenvalue weighted by molar-refractivity contribution is 7.87. The molecule has 0 radical (unpaired) electrons. The van der Waals surface area contributed by atoms with Gasteiger partial charge in [-0.3, -0.25) is 4.79 Å². The number of H-pyrrole nitrogens is 1. The van der Waals surface area contributed by atoms with E-state index < -0.39 is 16.3 Å². The number of morpholine rings is 1. The quantitative estimate of drug-likeness (QED) is 0.646. The molecule has 3 N–H and O–H groups in total. The van der Waals surface area contributed by atoms with Crippen LogP contribution in [-0.4, -0.2) is 63.1 Å². The van der Waals surface area contributed by atoms with Gasteiger partial charge in [0.25, 0.3) is 10.2 Å². The molecule has 1 aromatic carbocycles. The number of para-hydroxylation sites is 1. The van der Waals surface area contributed by atoms with Crippen molar-refractivity contribution in [3.63, 3.8) is 0 Å². The fraction of sp³-hybridized carbons (Fsp3) is 0.471. The average Bonchev–Trinajstić information content (AvgIpc) is 3.04. The number of nitrogens with one attached hydrogen (secondary N) is 3. The zero-order valence-corrected chi connectivity index (χ0v) is 15.5. The Bertz CT molecular complexity index is 859. The lowest BCUT2D eigenvalue weighted by Gasteiger charge is -2.30. The van der Waals surface area contributed by atoms with Gasteiger partial charge in [0.1, 0.15) is 6.04 Å². The molecule has 1 unspecified atom stereocenters. The highest BCUT2D eigenvalue weighted by atomic mass is 32.2. The predicted molar refractivity (Wildman–Crippen MR) is 98.9 cm³/mol. The predicted octanol–water partition coefficient (Wildman–Crippen LogP) is 0.382. The van der Waals surface area contributed by atoms with E-state index in [0.29, 0.717) is 26.3 Å². The van der Waals surface area contributed by atoms with Crippen molar-refractivity contribution < 1.29 is 17.9 Å². The van der Waals surface area contributed by atoms with Gasteiger partial charge in [0.2, 0.25) is 5.91 Å². The van der Waals surface area contributed by atoms with Gasteiger partial charge in [-0.1, -0.05) is 25.1 Å². The lowest BCUT2D eigenvalue weighted by Crippen LogP contribution is -2.54. The Morgan fingerprint density at radius 2 is 2.04 bits per heavy atom. The molecule has 0 spiro atoms. The minimum atomic E-state index is -3.76. The van der Waals surface area contributed by atoms with Gasteiger partial charge in [-0.25, -0.2) is 4.72 Å². The second-order valence-electron chi connectivity index (χ2n) is 6.17. The van der Waals surface area contributed by atoms with Gasteiger partial charge in [0.15, 0.2) is 0 Å². The minimum Gasteiger partial charge on any atom is -0.378 e. The van der Waals surface area contributed by atoms with Crippen LogP contribution in [0.25, 0.3) is 10.9 Å². The molecule has 8 nitrogen and oxygen atoms in total. The van der Waals surface area contributed by atoms with Crippen LogP contribution in [0, 0.1) is 0 Å². The summed E-state index contributed by atoms with van der Waals surface area (Å²) >= 11 is 0. The number of aromatic amines is 1. The number of nitrogens with zero attached hydrogens (tertiary/aromatic N) is 1. The Hall–Kier alpha value is -1.94. The first-order valence-electron chi connectivity index (χ1n) is 8.68. The molecule has 2 heterocycles. The first-order chi connectivity index (χ1) is 12.5. The molecule has 1 atom stereocenters. The number of aromatic nitrogens is 1. The highest BCUT2D eigenvalue weighted by Gasteiger charge is 2.30. The fourth-order valence-corrected chi connectivity index (χ4v) is 4.14. The molecule has 0 bridgehead atoms. The fourth-order valence-electron chi connectivity index (χ4n) is 3.12. The van der Waals surface area contributed by atoms with Crippen molar-refractivity contribution in [2.45, 2.75) is 19.4 Å². The molecule has 1 aromatic heterocycles. The second-order valence-corrected chi connectivity index (χ2v) is 7.70. The Balaban J connectivity index is 1.85. The van der Waals surface area contributed by atoms with Crippen molar-refractivity contribution in [3.8, 4) is 0 Å². The van der Waals surface area contributed by atoms with Gasteiger partial charge in [0.05, 0.1) is 13.2 Å². The number of hydrogen-bond donors (Lipinski definition) is 3. The molecule has 1 saturated heterocycles. The maximum atomic E-state index is 12.9. The smallest absolute Gasteiger partial charge is 0.277 e. The third kappa shape index (κ3) is 4.42. The van der Waals surface area contributed by atoms with Crippen LogP contribution in [-0.2, 0) is 26.2 Å². The number of ether oxygens (including phenoxy) is 1. The molecular formula is C17H24N4O4S. The molecule has 26 heavy (non-hydrogen) atoms. The van der Waals surface area contributed by atoms with Crippen LogP contribution in [0.1, 0.15) is 12.5 Å². The molecule has 9 heteroatoms. The number of amides is 1. The number of carbonyl (C=O) groups excluding carboxylic acids is 1. The van der Waals surface area contributed by atoms with Crippen molar-refractivity contribution >= 4 is 27.0 Å². The summed E-state index contributed by atoms with van der Waals surface area (Å²) in [5.41, 5.74) is 1.85. The van der Waals surface area contributed by atoms with Gasteiger partial charge in [-0.05, 0) is 18.1 Å². The van der Waals surface area contributed by atoms with E-state index in [-0.39, 0.29) is 18.9 Å². The molecule has 1 aliphatic heterocycles. The molecule has 0 saturated carbocycles. The molecule has 2 aromatic rings. The number of benzene rings is 1. The topological polar surface area (TPSA) is 104 Å². The van der Waals surface area contributed by atoms with Crippen molar-refractivity contribution in [2.75, 3.05) is 32.8 Å². The van der Waals surface area contributed by atoms with E-state index in [1.807, 2.05) is 30.5 Å². The van der Waals surface area contributed by atoms with Gasteiger partial charge < -0.3 is 14.6 Å². The number of fused-ring (bicyclic) bond motifs is 1. The SMILES string of the molecule is CCNS(=O)(=O)NC(Cc1c[nH]c2ccccc12)C(=O)N1CCOCC1. The number of rotatable bonds is 7. The molecule has 1 amide bonds. The normalized spacial score (nSPS) is 16.7. The zero-order valence-electron chi connectivity index (χ0n) is 14.7. The van der Waals surface area contributed by atoms with E-state index in [1.165, 1.54) is 0 Å². The maximum Gasteiger partial charge on any atom is 0.277 e. The standard InChI is InChI=1S/C17H24N4O4S/c1-2-19-26(23,24)20-16(17(22)21-7-9-25-10-8-21)11-13-12-18-15-6-4-3-5-14(13)15/h3-6,12,16,18-20H,2,7-11H2,1H3. The summed E-state index contributed by atoms with van der Waals surface area (Å²) in [6.45, 7) is 3.80. The summed E-state index contributed by atoms with van der Waals surface area (Å²) in [7, 11) is -3.76. The molecule has 0 aliphatic carbocycles. The van der Waals surface area contributed by atoms with Crippen LogP contribution < -0.4 is 9.44 Å². The van der Waals surface area contributed by atoms with Crippen LogP contribution in [0.3, 0.4) is 0 Å². The summed E-state index contributed by atoms with van der Waals surface area (Å²) in [6.07, 6.45) is 2.09. The third-order valence-electron chi connectivity index (χ3n) is 4.35. The zero-order chi connectivity index (χ0) is 18.6. The van der Waals surface area contributed by atoms with E-state index in [9.17, 15) is 13.2 Å². The Kier molecular flexibility index (Phi) is 5.92. The first-order valence-corrected chi connectivity index (χ1v) is 10.2. The first kappa shape index (κ1) is 18.8. The summed E-state index contributed by atoms with van der Waals surface area (Å²) in [5.74, 6) is -0.236. The van der Waals surface area contributed by atoms with Crippen molar-refractivity contribution in [1.29, 1.82) is 0 Å². The summed E-state index contributed by atoms with van der Waals surface area (Å²) in [6, 6.07) is 6.86. The van der Waals surface area contributed by atoms with Crippen molar-refractivity contribution in [3.05, 3.63) is 36.0 Å². The Labute approximate surface area is 153 Å². The van der Waals surface area contributed by atoms with Crippen molar-refractivity contribution in [2.24, 2.45) is 0 Å². The second kappa shape index (κ2) is 8.17. The minimum absolute atomic E-state index is 0.236. The van der Waals surface area contributed by atoms with Gasteiger partial charge in [0, 0.05) is 36.7 Å². The average molecular weight is 380 g/mol. The molecular weight excluding hydrogens is 356 g/mol. The van der Waals surface area contributed by atoms with Crippen LogP contribution in [0.2, 0.25) is 0 Å². The summed E-state index contributed by atoms with van der Waals surface area (Å²) < 4.78 is 34.6. The van der Waals surface area contributed by atoms with Crippen LogP contribution in [0.4, 0.5) is 0 Å². The van der Waals surface area contributed by atoms with Gasteiger partial charge in [-0.2, -0.15) is 13.1 Å². The monoisotopic (exact) mass is 380 g/mol. The Morgan fingerprint density at radius 1 is 1.31 bits per heavy atom. The van der Waals surface area contributed by atoms with Crippen molar-refractivity contribution in [1.82, 2.24) is 19.3 Å². The van der Waals surface area contributed by atoms with E-state index in [2.05, 4.69) is 14.4 Å². The van der Waals surface area contributed by atoms with Crippen LogP contribution >= 0.6 is 0 Å². The number of hydrogen-bond acceptors (Lipinski definition) is 4. The molecule has 1 aliphatic rings. The van der Waals surface area contributed by atoms with Gasteiger partial charge in [-0.15, -0.1) is 0 Å². The molecule has 142 valence electrons. The van der Waals surface area contributed by atoms with E-state index in [1.54, 1.807) is 11.8 Å². The van der Waals surface area contributed by atoms with E-state index in [0.717, 1.165) is 16.5 Å². The van der Waals surface area contributed by atoms with Crippen LogP contribution in [0.15, 0.2) is 30.5 Å². The highest BCUT2D eigenvalue weighted by Crippen LogP contribution is 2.20. The summed E-state index contributed by atoms with van der Waals surface area (Å²) in [5, 5.41) is 0.981. The van der Waals surface area contributed by atoms with Gasteiger partial charge >= 0.3 is 0 Å². The lowest BCUT2D eigenvalue weighted by molar-refractivity contribution is -0.137. The third-order valence-corrected chi connectivity index (χ3v) is 5.62. The van der Waals surface area contributed by atoms with E-state index >= 15 is 0 Å². The number of carbonyl (C=O) groups is 1.